The van der Waals surface area contributed by atoms with Crippen LogP contribution in [0.2, 0.25) is 0 Å². The van der Waals surface area contributed by atoms with Gasteiger partial charge in [-0.1, -0.05) is 32.8 Å². The normalized spacial score (nSPS) is 19.6. The van der Waals surface area contributed by atoms with Gasteiger partial charge in [0, 0.05) is 16.2 Å². The summed E-state index contributed by atoms with van der Waals surface area (Å²) in [4.78, 5) is 1.01. The highest BCUT2D eigenvalue weighted by Crippen LogP contribution is 2.61. The van der Waals surface area contributed by atoms with Crippen molar-refractivity contribution in [1.82, 2.24) is 0 Å². The first-order chi connectivity index (χ1) is 9.57. The highest BCUT2D eigenvalue weighted by molar-refractivity contribution is 8.00. The van der Waals surface area contributed by atoms with Crippen molar-refractivity contribution in [2.45, 2.75) is 62.0 Å². The average molecular weight is 295 g/mol. The molecule has 1 aromatic carbocycles. The van der Waals surface area contributed by atoms with Crippen LogP contribution in [0.5, 0.6) is 0 Å². The van der Waals surface area contributed by atoms with Gasteiger partial charge < -0.3 is 5.73 Å². The van der Waals surface area contributed by atoms with E-state index in [2.05, 4.69) is 13.8 Å². The molecule has 1 aliphatic carbocycles. The molecule has 2 rings (SSSR count). The Hall–Kier alpha value is -0.540. The monoisotopic (exact) mass is 295 g/mol. The van der Waals surface area contributed by atoms with Gasteiger partial charge in [-0.2, -0.15) is 0 Å². The van der Waals surface area contributed by atoms with Crippen LogP contribution in [0.15, 0.2) is 29.2 Å². The van der Waals surface area contributed by atoms with E-state index < -0.39 is 0 Å². The lowest BCUT2D eigenvalue weighted by atomic mass is 9.57. The predicted molar refractivity (Wildman–Crippen MR) is 85.5 cm³/mol. The van der Waals surface area contributed by atoms with E-state index in [1.54, 1.807) is 23.9 Å². The molecule has 0 aromatic heterocycles. The number of halogens is 1. The highest BCUT2D eigenvalue weighted by atomic mass is 32.2. The zero-order chi connectivity index (χ0) is 14.6. The summed E-state index contributed by atoms with van der Waals surface area (Å²) in [7, 11) is 0. The van der Waals surface area contributed by atoms with Gasteiger partial charge in [-0.15, -0.1) is 11.8 Å². The van der Waals surface area contributed by atoms with Crippen LogP contribution in [-0.2, 0) is 0 Å². The molecular formula is C17H26FNS. The zero-order valence-corrected chi connectivity index (χ0v) is 13.4. The third-order valence-electron chi connectivity index (χ3n) is 4.46. The molecule has 112 valence electrons. The third-order valence-corrected chi connectivity index (χ3v) is 5.84. The molecular weight excluding hydrogens is 269 g/mol. The SMILES string of the molecule is CCCC1(CCC)CC(CN)(Sc2cccc(F)c2)C1. The first-order valence-corrected chi connectivity index (χ1v) is 8.53. The van der Waals surface area contributed by atoms with Crippen molar-refractivity contribution >= 4 is 11.8 Å². The van der Waals surface area contributed by atoms with Crippen LogP contribution in [0.3, 0.4) is 0 Å². The van der Waals surface area contributed by atoms with Gasteiger partial charge in [-0.25, -0.2) is 4.39 Å². The minimum atomic E-state index is -0.158. The average Bonchev–Trinajstić information content (AvgIpc) is 2.37. The third kappa shape index (κ3) is 3.37. The first-order valence-electron chi connectivity index (χ1n) is 7.72. The molecule has 0 radical (unpaired) electrons. The van der Waals surface area contributed by atoms with Crippen molar-refractivity contribution in [2.75, 3.05) is 6.54 Å². The Kier molecular flexibility index (Phi) is 5.14. The summed E-state index contributed by atoms with van der Waals surface area (Å²) in [5, 5.41) is 0. The Morgan fingerprint density at radius 2 is 1.85 bits per heavy atom. The maximum absolute atomic E-state index is 13.3. The van der Waals surface area contributed by atoms with Crippen molar-refractivity contribution < 1.29 is 4.39 Å². The van der Waals surface area contributed by atoms with Crippen LogP contribution in [0.1, 0.15) is 52.4 Å². The topological polar surface area (TPSA) is 26.0 Å². The van der Waals surface area contributed by atoms with Gasteiger partial charge in [-0.3, -0.25) is 0 Å². The molecule has 0 spiro atoms. The quantitative estimate of drug-likeness (QED) is 0.766. The van der Waals surface area contributed by atoms with Gasteiger partial charge in [0.2, 0.25) is 0 Å². The summed E-state index contributed by atoms with van der Waals surface area (Å²) < 4.78 is 13.4. The standard InChI is InChI=1S/C17H26FNS/c1-3-8-16(9-4-2)11-17(12-16,13-19)20-15-7-5-6-14(18)10-15/h5-7,10H,3-4,8-9,11-13,19H2,1-2H3. The van der Waals surface area contributed by atoms with E-state index in [-0.39, 0.29) is 10.6 Å². The Bertz CT molecular complexity index is 432. The van der Waals surface area contributed by atoms with Crippen LogP contribution < -0.4 is 5.73 Å². The summed E-state index contributed by atoms with van der Waals surface area (Å²) in [6.07, 6.45) is 7.44. The van der Waals surface area contributed by atoms with E-state index in [4.69, 9.17) is 5.73 Å². The second-order valence-electron chi connectivity index (χ2n) is 6.30. The number of hydrogen-bond donors (Lipinski definition) is 1. The molecule has 3 heteroatoms. The van der Waals surface area contributed by atoms with Gasteiger partial charge >= 0.3 is 0 Å². The molecule has 0 aliphatic heterocycles. The fourth-order valence-electron chi connectivity index (χ4n) is 3.89. The zero-order valence-electron chi connectivity index (χ0n) is 12.6. The Morgan fingerprint density at radius 1 is 1.20 bits per heavy atom. The summed E-state index contributed by atoms with van der Waals surface area (Å²) in [5.74, 6) is -0.158. The largest absolute Gasteiger partial charge is 0.329 e. The van der Waals surface area contributed by atoms with Crippen molar-refractivity contribution in [2.24, 2.45) is 11.1 Å². The second kappa shape index (κ2) is 6.48. The van der Waals surface area contributed by atoms with E-state index in [1.807, 2.05) is 6.07 Å². The van der Waals surface area contributed by atoms with Crippen LogP contribution in [-0.4, -0.2) is 11.3 Å². The Labute approximate surface area is 126 Å². The van der Waals surface area contributed by atoms with Crippen LogP contribution in [0, 0.1) is 11.2 Å². The summed E-state index contributed by atoms with van der Waals surface area (Å²) in [6.45, 7) is 5.21. The molecule has 0 atom stereocenters. The smallest absolute Gasteiger partial charge is 0.124 e. The lowest BCUT2D eigenvalue weighted by Gasteiger charge is -2.56. The lowest BCUT2D eigenvalue weighted by molar-refractivity contribution is 0.0614. The van der Waals surface area contributed by atoms with Gasteiger partial charge in [0.25, 0.3) is 0 Å². The molecule has 0 bridgehead atoms. The molecule has 0 saturated heterocycles. The van der Waals surface area contributed by atoms with E-state index >= 15 is 0 Å². The first kappa shape index (κ1) is 15.8. The minimum absolute atomic E-state index is 0.123. The van der Waals surface area contributed by atoms with E-state index in [0.29, 0.717) is 12.0 Å². The second-order valence-corrected chi connectivity index (χ2v) is 7.84. The molecule has 1 fully saturated rings. The Balaban J connectivity index is 2.06. The molecule has 20 heavy (non-hydrogen) atoms. The van der Waals surface area contributed by atoms with Crippen LogP contribution in [0.4, 0.5) is 4.39 Å². The van der Waals surface area contributed by atoms with E-state index in [1.165, 1.54) is 44.6 Å². The van der Waals surface area contributed by atoms with Gasteiger partial charge in [-0.05, 0) is 49.3 Å². The minimum Gasteiger partial charge on any atom is -0.329 e. The van der Waals surface area contributed by atoms with Gasteiger partial charge in [0.05, 0.1) is 0 Å². The molecule has 0 heterocycles. The number of thioether (sulfide) groups is 1. The molecule has 1 saturated carbocycles. The molecule has 2 N–H and O–H groups in total. The fraction of sp³-hybridized carbons (Fsp3) is 0.647. The number of benzene rings is 1. The fourth-order valence-corrected chi connectivity index (χ4v) is 5.55. The van der Waals surface area contributed by atoms with Crippen molar-refractivity contribution in [3.8, 4) is 0 Å². The summed E-state index contributed by atoms with van der Waals surface area (Å²) in [6, 6.07) is 6.90. The van der Waals surface area contributed by atoms with E-state index in [0.717, 1.165) is 4.90 Å². The lowest BCUT2D eigenvalue weighted by Crippen LogP contribution is -2.53. The number of rotatable bonds is 7. The predicted octanol–water partition coefficient (Wildman–Crippen LogP) is 5.00. The number of hydrogen-bond acceptors (Lipinski definition) is 2. The van der Waals surface area contributed by atoms with Crippen molar-refractivity contribution in [3.63, 3.8) is 0 Å². The molecule has 0 amide bonds. The Morgan fingerprint density at radius 3 is 2.35 bits per heavy atom. The highest BCUT2D eigenvalue weighted by Gasteiger charge is 2.52. The molecule has 1 aromatic rings. The van der Waals surface area contributed by atoms with Crippen molar-refractivity contribution in [3.05, 3.63) is 30.1 Å². The summed E-state index contributed by atoms with van der Waals surface area (Å²) >= 11 is 1.78. The maximum atomic E-state index is 13.3. The summed E-state index contributed by atoms with van der Waals surface area (Å²) in [5.41, 5.74) is 6.54. The van der Waals surface area contributed by atoms with E-state index in [9.17, 15) is 4.39 Å². The molecule has 1 aliphatic rings. The van der Waals surface area contributed by atoms with Crippen LogP contribution >= 0.6 is 11.8 Å². The van der Waals surface area contributed by atoms with Gasteiger partial charge in [0.15, 0.2) is 0 Å². The van der Waals surface area contributed by atoms with Gasteiger partial charge in [0.1, 0.15) is 5.82 Å². The maximum Gasteiger partial charge on any atom is 0.124 e. The number of nitrogens with two attached hydrogens (primary N) is 1. The van der Waals surface area contributed by atoms with Crippen molar-refractivity contribution in [1.29, 1.82) is 0 Å². The van der Waals surface area contributed by atoms with Crippen LogP contribution in [0.25, 0.3) is 0 Å². The molecule has 0 unspecified atom stereocenters. The molecule has 1 nitrogen and oxygen atoms in total.